The largest absolute Gasteiger partial charge is 0.503 e. The second kappa shape index (κ2) is 4.43. The third-order valence-corrected chi connectivity index (χ3v) is 2.82. The molecule has 0 aliphatic carbocycles. The zero-order chi connectivity index (χ0) is 15.3. The van der Waals surface area contributed by atoms with Crippen molar-refractivity contribution in [3.63, 3.8) is 0 Å². The van der Waals surface area contributed by atoms with Crippen molar-refractivity contribution in [1.82, 2.24) is 19.6 Å². The number of hydrogen-bond donors (Lipinski definition) is 1. The summed E-state index contributed by atoms with van der Waals surface area (Å²) in [5.41, 5.74) is -1.77. The average molecular weight is 361 g/mol. The van der Waals surface area contributed by atoms with Gasteiger partial charge in [-0.05, 0) is 15.9 Å². The first-order chi connectivity index (χ1) is 9.05. The number of aromatic hydroxyl groups is 1. The monoisotopic (exact) mass is 360 g/mol. The number of aromatic nitrogens is 4. The summed E-state index contributed by atoms with van der Waals surface area (Å²) in [5.74, 6) is -6.96. The molecule has 0 aliphatic rings. The molecule has 1 N–H and O–H groups in total. The zero-order valence-corrected chi connectivity index (χ0v) is 11.2. The minimum atomic E-state index is -5.86. The van der Waals surface area contributed by atoms with Crippen molar-refractivity contribution in [2.45, 2.75) is 12.1 Å². The van der Waals surface area contributed by atoms with Crippen LogP contribution in [0.5, 0.6) is 5.75 Å². The minimum absolute atomic E-state index is 0.408. The lowest BCUT2D eigenvalue weighted by Crippen LogP contribution is -2.34. The number of hydrogen-bond acceptors (Lipinski definition) is 3. The second-order valence-electron chi connectivity index (χ2n) is 3.82. The molecule has 0 saturated heterocycles. The molecule has 2 rings (SSSR count). The Morgan fingerprint density at radius 1 is 1.25 bits per heavy atom. The van der Waals surface area contributed by atoms with Crippen LogP contribution in [0, 0.1) is 0 Å². The van der Waals surface area contributed by atoms with E-state index in [1.54, 1.807) is 0 Å². The molecular weight excluding hydrogens is 355 g/mol. The molecular formula is C9H6BrF5N4O. The number of nitrogens with zero attached hydrogens (tertiary/aromatic N) is 4. The van der Waals surface area contributed by atoms with Gasteiger partial charge in [0.15, 0.2) is 17.3 Å². The van der Waals surface area contributed by atoms with Crippen LogP contribution in [-0.2, 0) is 13.0 Å². The molecule has 20 heavy (non-hydrogen) atoms. The number of rotatable bonds is 2. The normalized spacial score (nSPS) is 12.9. The highest BCUT2D eigenvalue weighted by Gasteiger charge is 2.62. The summed E-state index contributed by atoms with van der Waals surface area (Å²) in [6, 6.07) is 0. The van der Waals surface area contributed by atoms with E-state index in [2.05, 4.69) is 26.1 Å². The van der Waals surface area contributed by atoms with Gasteiger partial charge in [-0.15, -0.1) is 0 Å². The van der Waals surface area contributed by atoms with Crippen LogP contribution in [0.15, 0.2) is 16.9 Å². The highest BCUT2D eigenvalue weighted by molar-refractivity contribution is 9.10. The Hall–Kier alpha value is -1.65. The fourth-order valence-corrected chi connectivity index (χ4v) is 1.81. The highest BCUT2D eigenvalue weighted by atomic mass is 79.9. The lowest BCUT2D eigenvalue weighted by atomic mass is 10.2. The van der Waals surface area contributed by atoms with Crippen LogP contribution in [-0.4, -0.2) is 30.8 Å². The van der Waals surface area contributed by atoms with Crippen LogP contribution in [0.4, 0.5) is 22.0 Å². The third kappa shape index (κ3) is 2.15. The minimum Gasteiger partial charge on any atom is -0.503 e. The summed E-state index contributed by atoms with van der Waals surface area (Å²) in [7, 11) is 1.11. The summed E-state index contributed by atoms with van der Waals surface area (Å²) >= 11 is 3.03. The molecule has 0 unspecified atom stereocenters. The maximum atomic E-state index is 13.2. The van der Waals surface area contributed by atoms with Gasteiger partial charge in [-0.3, -0.25) is 0 Å². The lowest BCUT2D eigenvalue weighted by Gasteiger charge is -2.17. The third-order valence-electron chi connectivity index (χ3n) is 2.41. The van der Waals surface area contributed by atoms with E-state index in [1.807, 2.05) is 0 Å². The first kappa shape index (κ1) is 14.8. The zero-order valence-electron chi connectivity index (χ0n) is 9.66. The molecule has 11 heteroatoms. The molecule has 0 aliphatic heterocycles. The Labute approximate surface area is 116 Å². The van der Waals surface area contributed by atoms with Crippen molar-refractivity contribution in [2.75, 3.05) is 0 Å². The summed E-state index contributed by atoms with van der Waals surface area (Å²) in [4.78, 5) is 0. The molecule has 0 aromatic carbocycles. The van der Waals surface area contributed by atoms with Gasteiger partial charge in [0.25, 0.3) is 0 Å². The van der Waals surface area contributed by atoms with E-state index in [0.29, 0.717) is 9.15 Å². The molecule has 0 radical (unpaired) electrons. The van der Waals surface area contributed by atoms with Crippen molar-refractivity contribution in [3.05, 3.63) is 22.6 Å². The van der Waals surface area contributed by atoms with Crippen molar-refractivity contribution >= 4 is 15.9 Å². The predicted molar refractivity (Wildman–Crippen MR) is 59.6 cm³/mol. The van der Waals surface area contributed by atoms with Crippen LogP contribution in [0.2, 0.25) is 0 Å². The standard InChI is InChI=1S/C9H6BrF5N4O/c1-18-7(19-3-4(10)2-16-19)5(20)6(17-18)8(11,12)9(13,14)15/h2-3,20H,1H3. The Kier molecular flexibility index (Phi) is 3.27. The summed E-state index contributed by atoms with van der Waals surface area (Å²) in [6.07, 6.45) is -3.32. The molecule has 2 aromatic rings. The smallest absolute Gasteiger partial charge is 0.459 e. The maximum Gasteiger partial charge on any atom is 0.459 e. The van der Waals surface area contributed by atoms with E-state index in [4.69, 9.17) is 0 Å². The average Bonchev–Trinajstić information content (AvgIpc) is 2.82. The summed E-state index contributed by atoms with van der Waals surface area (Å²) in [6.45, 7) is 0. The Bertz CT molecular complexity index is 647. The van der Waals surface area contributed by atoms with Gasteiger partial charge >= 0.3 is 12.1 Å². The molecule has 5 nitrogen and oxygen atoms in total. The van der Waals surface area contributed by atoms with Gasteiger partial charge in [0.1, 0.15) is 0 Å². The van der Waals surface area contributed by atoms with E-state index in [1.165, 1.54) is 12.4 Å². The van der Waals surface area contributed by atoms with Crippen LogP contribution < -0.4 is 0 Å². The number of halogens is 6. The van der Waals surface area contributed by atoms with E-state index in [9.17, 15) is 27.1 Å². The van der Waals surface area contributed by atoms with Crippen LogP contribution in [0.3, 0.4) is 0 Å². The second-order valence-corrected chi connectivity index (χ2v) is 4.74. The summed E-state index contributed by atoms with van der Waals surface area (Å²) < 4.78 is 65.4. The Balaban J connectivity index is 2.61. The fraction of sp³-hybridized carbons (Fsp3) is 0.333. The van der Waals surface area contributed by atoms with Crippen molar-refractivity contribution in [1.29, 1.82) is 0 Å². The predicted octanol–water partition coefficient (Wildman–Crippen LogP) is 2.73. The van der Waals surface area contributed by atoms with Crippen LogP contribution in [0.25, 0.3) is 5.82 Å². The Morgan fingerprint density at radius 3 is 2.30 bits per heavy atom. The van der Waals surface area contributed by atoms with Crippen molar-refractivity contribution in [3.8, 4) is 11.6 Å². The van der Waals surface area contributed by atoms with Gasteiger partial charge < -0.3 is 5.11 Å². The molecule has 0 atom stereocenters. The number of alkyl halides is 5. The SMILES string of the molecule is Cn1nc(C(F)(F)C(F)(F)F)c(O)c1-n1cc(Br)cn1. The van der Waals surface area contributed by atoms with Crippen LogP contribution in [0.1, 0.15) is 5.69 Å². The molecule has 0 amide bonds. The topological polar surface area (TPSA) is 55.9 Å². The van der Waals surface area contributed by atoms with E-state index >= 15 is 0 Å². The van der Waals surface area contributed by atoms with Crippen molar-refractivity contribution < 1.29 is 27.1 Å². The first-order valence-corrected chi connectivity index (χ1v) is 5.76. The van der Waals surface area contributed by atoms with E-state index < -0.39 is 29.4 Å². The van der Waals surface area contributed by atoms with Crippen LogP contribution >= 0.6 is 15.9 Å². The Morgan fingerprint density at radius 2 is 1.85 bits per heavy atom. The number of aryl methyl sites for hydroxylation is 1. The van der Waals surface area contributed by atoms with Crippen molar-refractivity contribution in [2.24, 2.45) is 7.05 Å². The first-order valence-electron chi connectivity index (χ1n) is 4.97. The van der Waals surface area contributed by atoms with E-state index in [-0.39, 0.29) is 0 Å². The fourth-order valence-electron chi connectivity index (χ4n) is 1.52. The maximum absolute atomic E-state index is 13.2. The van der Waals surface area contributed by atoms with Gasteiger partial charge in [-0.2, -0.15) is 32.1 Å². The summed E-state index contributed by atoms with van der Waals surface area (Å²) in [5, 5.41) is 16.4. The lowest BCUT2D eigenvalue weighted by molar-refractivity contribution is -0.291. The molecule has 2 aromatic heterocycles. The quantitative estimate of drug-likeness (QED) is 0.837. The van der Waals surface area contributed by atoms with Gasteiger partial charge in [-0.25, -0.2) is 9.36 Å². The molecule has 0 fully saturated rings. The van der Waals surface area contributed by atoms with Gasteiger partial charge in [0, 0.05) is 13.2 Å². The molecule has 2 heterocycles. The van der Waals surface area contributed by atoms with E-state index in [0.717, 1.165) is 11.7 Å². The molecule has 0 bridgehead atoms. The highest BCUT2D eigenvalue weighted by Crippen LogP contribution is 2.47. The van der Waals surface area contributed by atoms with Gasteiger partial charge in [0.2, 0.25) is 0 Å². The molecule has 0 saturated carbocycles. The molecule has 0 spiro atoms. The van der Waals surface area contributed by atoms with Gasteiger partial charge in [-0.1, -0.05) is 0 Å². The molecule has 110 valence electrons. The van der Waals surface area contributed by atoms with Gasteiger partial charge in [0.05, 0.1) is 10.7 Å².